The zero-order chi connectivity index (χ0) is 20.2. The Morgan fingerprint density at radius 3 is 2.52 bits per heavy atom. The van der Waals surface area contributed by atoms with Crippen molar-refractivity contribution >= 4 is 11.7 Å². The standard InChI is InChI=1S/C22H25N5O2/c1-16-19(17(2)29-25-16)8-9-22(28)27-12-10-26(11-13-27)21-14-20(23-15-24-21)18-6-4-3-5-7-18/h3-7,14-15H,8-13H2,1-2H3. The smallest absolute Gasteiger partial charge is 0.223 e. The fraction of sp³-hybridized carbons (Fsp3) is 0.364. The van der Waals surface area contributed by atoms with Crippen molar-refractivity contribution in [2.75, 3.05) is 31.1 Å². The molecule has 1 aromatic carbocycles. The Morgan fingerprint density at radius 1 is 1.07 bits per heavy atom. The molecule has 0 atom stereocenters. The van der Waals surface area contributed by atoms with Crippen molar-refractivity contribution in [2.24, 2.45) is 0 Å². The number of benzene rings is 1. The van der Waals surface area contributed by atoms with E-state index in [1.54, 1.807) is 6.33 Å². The SMILES string of the molecule is Cc1noc(C)c1CCC(=O)N1CCN(c2cc(-c3ccccc3)ncn2)CC1. The van der Waals surface area contributed by atoms with Gasteiger partial charge in [0.05, 0.1) is 11.4 Å². The first-order valence-electron chi connectivity index (χ1n) is 9.94. The van der Waals surface area contributed by atoms with Crippen molar-refractivity contribution in [2.45, 2.75) is 26.7 Å². The van der Waals surface area contributed by atoms with Crippen LogP contribution in [0.25, 0.3) is 11.3 Å². The summed E-state index contributed by atoms with van der Waals surface area (Å²) in [5.41, 5.74) is 3.90. The van der Waals surface area contributed by atoms with Crippen LogP contribution in [0.5, 0.6) is 0 Å². The Kier molecular flexibility index (Phi) is 5.55. The maximum absolute atomic E-state index is 12.6. The number of aryl methyl sites for hydroxylation is 2. The molecule has 0 aliphatic carbocycles. The van der Waals surface area contributed by atoms with Gasteiger partial charge in [-0.2, -0.15) is 0 Å². The third-order valence-corrected chi connectivity index (χ3v) is 5.45. The molecule has 1 aliphatic rings. The van der Waals surface area contributed by atoms with Crippen LogP contribution in [-0.4, -0.2) is 52.1 Å². The first kappa shape index (κ1) is 19.1. The summed E-state index contributed by atoms with van der Waals surface area (Å²) >= 11 is 0. The minimum absolute atomic E-state index is 0.178. The Hall–Kier alpha value is -3.22. The van der Waals surface area contributed by atoms with Crippen LogP contribution in [0.4, 0.5) is 5.82 Å². The van der Waals surface area contributed by atoms with E-state index in [1.165, 1.54) is 0 Å². The summed E-state index contributed by atoms with van der Waals surface area (Å²) in [4.78, 5) is 25.6. The van der Waals surface area contributed by atoms with Crippen molar-refractivity contribution in [3.63, 3.8) is 0 Å². The Balaban J connectivity index is 1.34. The first-order valence-corrected chi connectivity index (χ1v) is 9.94. The van der Waals surface area contributed by atoms with Gasteiger partial charge in [-0.3, -0.25) is 4.79 Å². The molecule has 3 heterocycles. The molecule has 29 heavy (non-hydrogen) atoms. The zero-order valence-corrected chi connectivity index (χ0v) is 16.8. The molecule has 0 unspecified atom stereocenters. The van der Waals surface area contributed by atoms with Gasteiger partial charge in [0.1, 0.15) is 17.9 Å². The van der Waals surface area contributed by atoms with E-state index in [1.807, 2.05) is 55.1 Å². The molecule has 150 valence electrons. The number of aromatic nitrogens is 3. The van der Waals surface area contributed by atoms with E-state index in [0.29, 0.717) is 25.9 Å². The van der Waals surface area contributed by atoms with Gasteiger partial charge in [0.15, 0.2) is 0 Å². The highest BCUT2D eigenvalue weighted by molar-refractivity contribution is 5.77. The fourth-order valence-corrected chi connectivity index (χ4v) is 3.72. The number of hydrogen-bond donors (Lipinski definition) is 0. The molecule has 0 spiro atoms. The maximum Gasteiger partial charge on any atom is 0.223 e. The monoisotopic (exact) mass is 391 g/mol. The Labute approximate surface area is 170 Å². The lowest BCUT2D eigenvalue weighted by molar-refractivity contribution is -0.131. The highest BCUT2D eigenvalue weighted by Crippen LogP contribution is 2.22. The predicted molar refractivity (Wildman–Crippen MR) is 111 cm³/mol. The number of piperazine rings is 1. The van der Waals surface area contributed by atoms with E-state index < -0.39 is 0 Å². The number of nitrogens with zero attached hydrogens (tertiary/aromatic N) is 5. The average Bonchev–Trinajstić information content (AvgIpc) is 3.10. The van der Waals surface area contributed by atoms with E-state index in [9.17, 15) is 4.79 Å². The van der Waals surface area contributed by atoms with E-state index in [2.05, 4.69) is 20.0 Å². The van der Waals surface area contributed by atoms with Crippen LogP contribution in [0.3, 0.4) is 0 Å². The van der Waals surface area contributed by atoms with Crippen LogP contribution in [0.2, 0.25) is 0 Å². The van der Waals surface area contributed by atoms with Crippen molar-refractivity contribution < 1.29 is 9.32 Å². The second-order valence-corrected chi connectivity index (χ2v) is 7.30. The minimum Gasteiger partial charge on any atom is -0.361 e. The second-order valence-electron chi connectivity index (χ2n) is 7.30. The summed E-state index contributed by atoms with van der Waals surface area (Å²) < 4.78 is 5.18. The summed E-state index contributed by atoms with van der Waals surface area (Å²) in [6.07, 6.45) is 2.76. The molecule has 7 nitrogen and oxygen atoms in total. The van der Waals surface area contributed by atoms with Gasteiger partial charge < -0.3 is 14.3 Å². The lowest BCUT2D eigenvalue weighted by Gasteiger charge is -2.35. The molecular weight excluding hydrogens is 366 g/mol. The maximum atomic E-state index is 12.6. The summed E-state index contributed by atoms with van der Waals surface area (Å²) in [5, 5.41) is 3.96. The van der Waals surface area contributed by atoms with Gasteiger partial charge in [0, 0.05) is 49.8 Å². The molecule has 0 bridgehead atoms. The number of carbonyl (C=O) groups excluding carboxylic acids is 1. The van der Waals surface area contributed by atoms with Crippen molar-refractivity contribution in [3.8, 4) is 11.3 Å². The van der Waals surface area contributed by atoms with Crippen LogP contribution >= 0.6 is 0 Å². The largest absolute Gasteiger partial charge is 0.361 e. The lowest BCUT2D eigenvalue weighted by Crippen LogP contribution is -2.49. The molecule has 0 radical (unpaired) electrons. The van der Waals surface area contributed by atoms with Gasteiger partial charge in [0.25, 0.3) is 0 Å². The van der Waals surface area contributed by atoms with Gasteiger partial charge in [-0.1, -0.05) is 35.5 Å². The zero-order valence-electron chi connectivity index (χ0n) is 16.8. The lowest BCUT2D eigenvalue weighted by atomic mass is 10.1. The number of hydrogen-bond acceptors (Lipinski definition) is 6. The molecule has 4 rings (SSSR count). The van der Waals surface area contributed by atoms with Crippen LogP contribution in [0.15, 0.2) is 47.2 Å². The second kappa shape index (κ2) is 8.43. The first-order chi connectivity index (χ1) is 14.1. The number of rotatable bonds is 5. The van der Waals surface area contributed by atoms with E-state index >= 15 is 0 Å². The van der Waals surface area contributed by atoms with Gasteiger partial charge in [-0.15, -0.1) is 0 Å². The summed E-state index contributed by atoms with van der Waals surface area (Å²) in [6.45, 7) is 6.74. The van der Waals surface area contributed by atoms with Gasteiger partial charge in [-0.05, 0) is 20.3 Å². The number of carbonyl (C=O) groups is 1. The predicted octanol–water partition coefficient (Wildman–Crippen LogP) is 3.03. The van der Waals surface area contributed by atoms with Gasteiger partial charge >= 0.3 is 0 Å². The van der Waals surface area contributed by atoms with Gasteiger partial charge in [0.2, 0.25) is 5.91 Å². The topological polar surface area (TPSA) is 75.4 Å². The third kappa shape index (κ3) is 4.29. The van der Waals surface area contributed by atoms with E-state index in [0.717, 1.165) is 47.2 Å². The molecular formula is C22H25N5O2. The minimum atomic E-state index is 0.178. The molecule has 0 N–H and O–H groups in total. The average molecular weight is 391 g/mol. The molecule has 7 heteroatoms. The normalized spacial score (nSPS) is 14.3. The van der Waals surface area contributed by atoms with Crippen molar-refractivity contribution in [1.29, 1.82) is 0 Å². The van der Waals surface area contributed by atoms with Crippen LogP contribution in [-0.2, 0) is 11.2 Å². The van der Waals surface area contributed by atoms with E-state index in [-0.39, 0.29) is 5.91 Å². The molecule has 1 fully saturated rings. The number of anilines is 1. The van der Waals surface area contributed by atoms with Crippen LogP contribution in [0.1, 0.15) is 23.4 Å². The van der Waals surface area contributed by atoms with Gasteiger partial charge in [-0.25, -0.2) is 9.97 Å². The van der Waals surface area contributed by atoms with Crippen molar-refractivity contribution in [1.82, 2.24) is 20.0 Å². The molecule has 1 amide bonds. The quantitative estimate of drug-likeness (QED) is 0.665. The van der Waals surface area contributed by atoms with Crippen LogP contribution < -0.4 is 4.90 Å². The molecule has 3 aromatic rings. The molecule has 1 aliphatic heterocycles. The molecule has 2 aromatic heterocycles. The summed E-state index contributed by atoms with van der Waals surface area (Å²) in [6, 6.07) is 12.1. The molecule has 1 saturated heterocycles. The Bertz CT molecular complexity index is 958. The summed E-state index contributed by atoms with van der Waals surface area (Å²) in [7, 11) is 0. The highest BCUT2D eigenvalue weighted by Gasteiger charge is 2.23. The number of amides is 1. The fourth-order valence-electron chi connectivity index (χ4n) is 3.72. The third-order valence-electron chi connectivity index (χ3n) is 5.45. The molecule has 0 saturated carbocycles. The van der Waals surface area contributed by atoms with Crippen molar-refractivity contribution in [3.05, 3.63) is 59.7 Å². The van der Waals surface area contributed by atoms with Crippen LogP contribution in [0, 0.1) is 13.8 Å². The highest BCUT2D eigenvalue weighted by atomic mass is 16.5. The summed E-state index contributed by atoms with van der Waals surface area (Å²) in [5.74, 6) is 1.89. The Morgan fingerprint density at radius 2 is 1.83 bits per heavy atom. The van der Waals surface area contributed by atoms with E-state index in [4.69, 9.17) is 4.52 Å².